The highest BCUT2D eigenvalue weighted by Gasteiger charge is 2.52. The van der Waals surface area contributed by atoms with E-state index in [0.717, 1.165) is 0 Å². The van der Waals surface area contributed by atoms with Crippen LogP contribution in [0.25, 0.3) is 0 Å². The smallest absolute Gasteiger partial charge is 0.329 e. The van der Waals surface area contributed by atoms with Crippen molar-refractivity contribution >= 4 is 11.9 Å². The fourth-order valence-electron chi connectivity index (χ4n) is 2.28. The molecular formula is C12H22N2O4. The molecule has 1 heterocycles. The van der Waals surface area contributed by atoms with Crippen LogP contribution < -0.4 is 5.73 Å². The molecule has 1 saturated heterocycles. The van der Waals surface area contributed by atoms with Crippen molar-refractivity contribution in [2.75, 3.05) is 0 Å². The van der Waals surface area contributed by atoms with Gasteiger partial charge in [-0.25, -0.2) is 4.79 Å². The number of carbonyl (C=O) groups excluding carboxylic acids is 1. The lowest BCUT2D eigenvalue weighted by Gasteiger charge is -2.34. The van der Waals surface area contributed by atoms with Crippen molar-refractivity contribution < 1.29 is 19.4 Å². The molecule has 1 rings (SSSR count). The largest absolute Gasteiger partial charge is 0.480 e. The van der Waals surface area contributed by atoms with Gasteiger partial charge in [0.1, 0.15) is 5.72 Å². The quantitative estimate of drug-likeness (QED) is 0.764. The van der Waals surface area contributed by atoms with E-state index in [1.807, 2.05) is 13.8 Å². The molecule has 0 aromatic heterocycles. The molecule has 0 aliphatic carbocycles. The zero-order chi connectivity index (χ0) is 14.2. The molecule has 0 unspecified atom stereocenters. The van der Waals surface area contributed by atoms with E-state index in [1.165, 1.54) is 4.90 Å². The summed E-state index contributed by atoms with van der Waals surface area (Å²) in [5.41, 5.74) is 4.88. The van der Waals surface area contributed by atoms with E-state index < -0.39 is 29.9 Å². The standard InChI is InChI=1S/C12H22N2O4/c1-6(2)8(13)10(15)14-9(11(16)17)7(3)18-12(14,4)5/h6-9H,13H2,1-5H3,(H,16,17)/t7-,8+,9+/m1/s1. The van der Waals surface area contributed by atoms with Crippen LogP contribution in [-0.4, -0.2) is 45.8 Å². The number of carboxylic acids is 1. The molecule has 1 aliphatic heterocycles. The van der Waals surface area contributed by atoms with Crippen LogP contribution in [0.2, 0.25) is 0 Å². The summed E-state index contributed by atoms with van der Waals surface area (Å²) in [4.78, 5) is 24.9. The minimum Gasteiger partial charge on any atom is -0.480 e. The third-order valence-corrected chi connectivity index (χ3v) is 3.27. The van der Waals surface area contributed by atoms with Crippen molar-refractivity contribution in [1.29, 1.82) is 0 Å². The SMILES string of the molecule is CC(C)[C@H](N)C(=O)N1[C@H](C(=O)O)[C@@H](C)OC1(C)C. The molecule has 6 heteroatoms. The first-order chi connectivity index (χ1) is 8.09. The van der Waals surface area contributed by atoms with Crippen LogP contribution in [0.1, 0.15) is 34.6 Å². The summed E-state index contributed by atoms with van der Waals surface area (Å²) in [6.07, 6.45) is -0.555. The first-order valence-corrected chi connectivity index (χ1v) is 6.09. The van der Waals surface area contributed by atoms with Crippen LogP contribution in [0.4, 0.5) is 0 Å². The first-order valence-electron chi connectivity index (χ1n) is 6.09. The molecule has 104 valence electrons. The minimum absolute atomic E-state index is 0.0568. The summed E-state index contributed by atoms with van der Waals surface area (Å²) >= 11 is 0. The van der Waals surface area contributed by atoms with Crippen LogP contribution >= 0.6 is 0 Å². The molecule has 3 N–H and O–H groups in total. The van der Waals surface area contributed by atoms with Gasteiger partial charge in [-0.2, -0.15) is 0 Å². The van der Waals surface area contributed by atoms with Gasteiger partial charge in [-0.05, 0) is 26.7 Å². The summed E-state index contributed by atoms with van der Waals surface area (Å²) in [6.45, 7) is 8.65. The fourth-order valence-corrected chi connectivity index (χ4v) is 2.28. The predicted molar refractivity (Wildman–Crippen MR) is 65.7 cm³/mol. The summed E-state index contributed by atoms with van der Waals surface area (Å²) in [7, 11) is 0. The highest BCUT2D eigenvalue weighted by molar-refractivity contribution is 5.88. The number of rotatable bonds is 3. The first kappa shape index (κ1) is 14.9. The monoisotopic (exact) mass is 258 g/mol. The van der Waals surface area contributed by atoms with Gasteiger partial charge in [0.2, 0.25) is 5.91 Å². The highest BCUT2D eigenvalue weighted by atomic mass is 16.5. The average molecular weight is 258 g/mol. The second kappa shape index (κ2) is 4.85. The lowest BCUT2D eigenvalue weighted by atomic mass is 10.0. The minimum atomic E-state index is -1.07. The van der Waals surface area contributed by atoms with Gasteiger partial charge in [0.05, 0.1) is 12.1 Å². The summed E-state index contributed by atoms with van der Waals surface area (Å²) in [5.74, 6) is -1.51. The Kier molecular flexibility index (Phi) is 4.02. The van der Waals surface area contributed by atoms with Gasteiger partial charge in [0.25, 0.3) is 0 Å². The molecule has 18 heavy (non-hydrogen) atoms. The maximum atomic E-state index is 12.3. The molecule has 1 amide bonds. The topological polar surface area (TPSA) is 92.9 Å². The van der Waals surface area contributed by atoms with Gasteiger partial charge in [-0.1, -0.05) is 13.8 Å². The van der Waals surface area contributed by atoms with E-state index in [0.29, 0.717) is 0 Å². The Hall–Kier alpha value is -1.14. The van der Waals surface area contributed by atoms with E-state index in [2.05, 4.69) is 0 Å². The Labute approximate surface area is 107 Å². The van der Waals surface area contributed by atoms with Gasteiger partial charge in [0, 0.05) is 0 Å². The number of nitrogens with two attached hydrogens (primary N) is 1. The summed E-state index contributed by atoms with van der Waals surface area (Å²) in [6, 6.07) is -1.71. The lowest BCUT2D eigenvalue weighted by Crippen LogP contribution is -2.57. The van der Waals surface area contributed by atoms with Crippen molar-refractivity contribution in [2.24, 2.45) is 11.7 Å². The molecule has 1 fully saturated rings. The lowest BCUT2D eigenvalue weighted by molar-refractivity contribution is -0.157. The Morgan fingerprint density at radius 1 is 1.39 bits per heavy atom. The maximum absolute atomic E-state index is 12.3. The van der Waals surface area contributed by atoms with Gasteiger partial charge >= 0.3 is 5.97 Å². The number of hydrogen-bond donors (Lipinski definition) is 2. The van der Waals surface area contributed by atoms with Gasteiger partial charge in [-0.15, -0.1) is 0 Å². The number of nitrogens with zero attached hydrogens (tertiary/aromatic N) is 1. The van der Waals surface area contributed by atoms with Crippen LogP contribution in [0.3, 0.4) is 0 Å². The number of hydrogen-bond acceptors (Lipinski definition) is 4. The summed E-state index contributed by atoms with van der Waals surface area (Å²) < 4.78 is 5.55. The van der Waals surface area contributed by atoms with Crippen molar-refractivity contribution in [2.45, 2.75) is 58.5 Å². The number of carboxylic acid groups (broad SMARTS) is 1. The second-order valence-corrected chi connectivity index (χ2v) is 5.53. The van der Waals surface area contributed by atoms with E-state index in [-0.39, 0.29) is 11.8 Å². The van der Waals surface area contributed by atoms with Crippen molar-refractivity contribution in [3.8, 4) is 0 Å². The van der Waals surface area contributed by atoms with Crippen LogP contribution in [-0.2, 0) is 14.3 Å². The van der Waals surface area contributed by atoms with Crippen molar-refractivity contribution in [3.63, 3.8) is 0 Å². The Bertz CT molecular complexity index is 354. The van der Waals surface area contributed by atoms with E-state index in [4.69, 9.17) is 10.5 Å². The van der Waals surface area contributed by atoms with Gasteiger partial charge in [-0.3, -0.25) is 9.69 Å². The molecule has 1 aliphatic rings. The van der Waals surface area contributed by atoms with Crippen molar-refractivity contribution in [3.05, 3.63) is 0 Å². The van der Waals surface area contributed by atoms with Crippen LogP contribution in [0, 0.1) is 5.92 Å². The molecular weight excluding hydrogens is 236 g/mol. The molecule has 0 aromatic rings. The van der Waals surface area contributed by atoms with Gasteiger partial charge < -0.3 is 15.6 Å². The summed E-state index contributed by atoms with van der Waals surface area (Å²) in [5, 5.41) is 9.24. The Morgan fingerprint density at radius 3 is 2.28 bits per heavy atom. The normalized spacial score (nSPS) is 28.5. The number of aliphatic carboxylic acids is 1. The Morgan fingerprint density at radius 2 is 1.89 bits per heavy atom. The highest BCUT2D eigenvalue weighted by Crippen LogP contribution is 2.33. The third-order valence-electron chi connectivity index (χ3n) is 3.27. The molecule has 0 spiro atoms. The zero-order valence-electron chi connectivity index (χ0n) is 11.5. The van der Waals surface area contributed by atoms with E-state index in [1.54, 1.807) is 20.8 Å². The number of ether oxygens (including phenoxy) is 1. The van der Waals surface area contributed by atoms with E-state index in [9.17, 15) is 14.7 Å². The molecule has 0 bridgehead atoms. The third kappa shape index (κ3) is 2.49. The van der Waals surface area contributed by atoms with Crippen molar-refractivity contribution in [1.82, 2.24) is 4.90 Å². The molecule has 0 radical (unpaired) electrons. The molecule has 0 saturated carbocycles. The second-order valence-electron chi connectivity index (χ2n) is 5.53. The molecule has 3 atom stereocenters. The molecule has 6 nitrogen and oxygen atoms in total. The zero-order valence-corrected chi connectivity index (χ0v) is 11.5. The van der Waals surface area contributed by atoms with E-state index >= 15 is 0 Å². The maximum Gasteiger partial charge on any atom is 0.329 e. The number of carbonyl (C=O) groups is 2. The molecule has 0 aromatic carbocycles. The Balaban J connectivity index is 3.08. The number of amides is 1. The predicted octanol–water partition coefficient (Wildman–Crippen LogP) is 0.406. The van der Waals surface area contributed by atoms with Gasteiger partial charge in [0.15, 0.2) is 6.04 Å². The van der Waals surface area contributed by atoms with Crippen LogP contribution in [0.15, 0.2) is 0 Å². The van der Waals surface area contributed by atoms with Crippen LogP contribution in [0.5, 0.6) is 0 Å². The average Bonchev–Trinajstić information content (AvgIpc) is 2.45. The fraction of sp³-hybridized carbons (Fsp3) is 0.833.